The Morgan fingerprint density at radius 3 is 2.22 bits per heavy atom. The van der Waals surface area contributed by atoms with Gasteiger partial charge in [-0.1, -0.05) is 44.2 Å². The maximum Gasteiger partial charge on any atom is 0.269 e. The van der Waals surface area contributed by atoms with Crippen LogP contribution in [0.4, 0.5) is 5.69 Å². The van der Waals surface area contributed by atoms with Crippen LogP contribution in [0.25, 0.3) is 0 Å². The lowest BCUT2D eigenvalue weighted by atomic mass is 10.2. The molecule has 27 heavy (non-hydrogen) atoms. The lowest BCUT2D eigenvalue weighted by Gasteiger charge is -2.18. The number of nitro groups is 1. The van der Waals surface area contributed by atoms with E-state index >= 15 is 0 Å². The van der Waals surface area contributed by atoms with Gasteiger partial charge in [0.05, 0.1) is 21.2 Å². The van der Waals surface area contributed by atoms with Gasteiger partial charge in [0.15, 0.2) is 0 Å². The third-order valence-electron chi connectivity index (χ3n) is 4.50. The predicted octanol–water partition coefficient (Wildman–Crippen LogP) is 4.35. The molecule has 0 aliphatic rings. The van der Waals surface area contributed by atoms with Crippen molar-refractivity contribution in [3.8, 4) is 0 Å². The molecule has 0 N–H and O–H groups in total. The molecule has 0 radical (unpaired) electrons. The molecule has 0 amide bonds. The highest BCUT2D eigenvalue weighted by molar-refractivity contribution is 7.93. The average Bonchev–Trinajstić information content (AvgIpc) is 2.70. The topological polar surface area (TPSA) is 75.8 Å². The van der Waals surface area contributed by atoms with Crippen molar-refractivity contribution in [3.05, 3.63) is 70.3 Å². The molecule has 1 unspecified atom stereocenters. The average molecular weight is 390 g/mol. The zero-order valence-corrected chi connectivity index (χ0v) is 16.7. The van der Waals surface area contributed by atoms with Gasteiger partial charge < -0.3 is 4.90 Å². The van der Waals surface area contributed by atoms with E-state index in [-0.39, 0.29) is 5.69 Å². The molecule has 0 spiro atoms. The highest BCUT2D eigenvalue weighted by Gasteiger charge is 2.15. The second kappa shape index (κ2) is 10.2. The Balaban J connectivity index is 2.26. The fourth-order valence-electron chi connectivity index (χ4n) is 2.82. The molecule has 2 rings (SSSR count). The quantitative estimate of drug-likeness (QED) is 0.447. The molecule has 7 heteroatoms. The van der Waals surface area contributed by atoms with E-state index in [2.05, 4.69) is 23.1 Å². The Kier molecular flexibility index (Phi) is 7.94. The molecule has 0 fully saturated rings. The Labute approximate surface area is 161 Å². The number of rotatable bonds is 10. The Morgan fingerprint density at radius 2 is 1.67 bits per heavy atom. The van der Waals surface area contributed by atoms with Crippen molar-refractivity contribution in [2.24, 2.45) is 4.36 Å². The number of hydrogen-bond donors (Lipinski definition) is 0. The minimum absolute atomic E-state index is 0.00768. The van der Waals surface area contributed by atoms with Gasteiger partial charge >= 0.3 is 0 Å². The van der Waals surface area contributed by atoms with Gasteiger partial charge in [0.25, 0.3) is 5.69 Å². The summed E-state index contributed by atoms with van der Waals surface area (Å²) in [4.78, 5) is 13.3. The third-order valence-corrected chi connectivity index (χ3v) is 6.90. The van der Waals surface area contributed by atoms with Gasteiger partial charge in [0.2, 0.25) is 0 Å². The zero-order chi connectivity index (χ0) is 19.7. The van der Waals surface area contributed by atoms with Crippen LogP contribution in [0.3, 0.4) is 0 Å². The maximum atomic E-state index is 13.6. The number of hydrogen-bond acceptors (Lipinski definition) is 5. The summed E-state index contributed by atoms with van der Waals surface area (Å²) in [5.74, 6) is 0.439. The van der Waals surface area contributed by atoms with Crippen LogP contribution in [0.2, 0.25) is 0 Å². The standard InChI is InChI=1S/C20H27N3O3S/c1-3-22(4-2)15-8-16-27(26,21-17-18-9-6-5-7-10-18)20-13-11-19(12-14-20)23(24)25/h5-7,9-14H,3-4,8,15-17H2,1-2H3. The van der Waals surface area contributed by atoms with Gasteiger partial charge in [-0.3, -0.25) is 10.1 Å². The minimum Gasteiger partial charge on any atom is -0.304 e. The van der Waals surface area contributed by atoms with E-state index in [0.29, 0.717) is 17.2 Å². The summed E-state index contributed by atoms with van der Waals surface area (Å²) in [5.41, 5.74) is 0.989. The van der Waals surface area contributed by atoms with Crippen molar-refractivity contribution in [1.29, 1.82) is 0 Å². The maximum absolute atomic E-state index is 13.6. The molecule has 0 aromatic heterocycles. The molecular formula is C20H27N3O3S. The van der Waals surface area contributed by atoms with Gasteiger partial charge in [-0.15, -0.1) is 0 Å². The van der Waals surface area contributed by atoms with Crippen LogP contribution < -0.4 is 0 Å². The first-order valence-electron chi connectivity index (χ1n) is 9.20. The number of benzene rings is 2. The molecule has 1 atom stereocenters. The second-order valence-corrected chi connectivity index (χ2v) is 8.67. The molecule has 0 bridgehead atoms. The molecule has 6 nitrogen and oxygen atoms in total. The van der Waals surface area contributed by atoms with E-state index in [1.165, 1.54) is 12.1 Å². The first kappa shape index (κ1) is 21.1. The third kappa shape index (κ3) is 6.15. The van der Waals surface area contributed by atoms with Crippen LogP contribution >= 0.6 is 0 Å². The molecule has 0 saturated carbocycles. The highest BCUT2D eigenvalue weighted by Crippen LogP contribution is 2.21. The zero-order valence-electron chi connectivity index (χ0n) is 15.9. The highest BCUT2D eigenvalue weighted by atomic mass is 32.2. The van der Waals surface area contributed by atoms with Crippen LogP contribution in [-0.4, -0.2) is 39.4 Å². The van der Waals surface area contributed by atoms with Crippen molar-refractivity contribution < 1.29 is 9.13 Å². The predicted molar refractivity (Wildman–Crippen MR) is 109 cm³/mol. The van der Waals surface area contributed by atoms with Crippen LogP contribution in [0.5, 0.6) is 0 Å². The molecular weight excluding hydrogens is 362 g/mol. The van der Waals surface area contributed by atoms with Crippen molar-refractivity contribution in [1.82, 2.24) is 4.90 Å². The van der Waals surface area contributed by atoms with E-state index < -0.39 is 14.7 Å². The van der Waals surface area contributed by atoms with Crippen molar-refractivity contribution in [2.75, 3.05) is 25.4 Å². The van der Waals surface area contributed by atoms with Crippen LogP contribution in [-0.2, 0) is 16.3 Å². The molecule has 146 valence electrons. The summed E-state index contributed by atoms with van der Waals surface area (Å²) >= 11 is 0. The molecule has 0 aliphatic heterocycles. The molecule has 2 aromatic rings. The van der Waals surface area contributed by atoms with Crippen LogP contribution in [0.15, 0.2) is 63.9 Å². The minimum atomic E-state index is -2.64. The van der Waals surface area contributed by atoms with Crippen molar-refractivity contribution in [3.63, 3.8) is 0 Å². The van der Waals surface area contributed by atoms with Gasteiger partial charge in [-0.05, 0) is 43.8 Å². The Bertz CT molecular complexity index is 841. The fraction of sp³-hybridized carbons (Fsp3) is 0.400. The number of nitrogens with zero attached hydrogens (tertiary/aromatic N) is 3. The number of nitro benzene ring substituents is 1. The van der Waals surface area contributed by atoms with Gasteiger partial charge in [0, 0.05) is 22.8 Å². The first-order chi connectivity index (χ1) is 13.0. The Hall–Kier alpha value is -2.25. The molecule has 0 saturated heterocycles. The van der Waals surface area contributed by atoms with Gasteiger partial charge in [-0.2, -0.15) is 0 Å². The fourth-order valence-corrected chi connectivity index (χ4v) is 4.78. The van der Waals surface area contributed by atoms with Gasteiger partial charge in [0.1, 0.15) is 0 Å². The van der Waals surface area contributed by atoms with Gasteiger partial charge in [-0.25, -0.2) is 8.57 Å². The van der Waals surface area contributed by atoms with Crippen molar-refractivity contribution >= 4 is 15.4 Å². The largest absolute Gasteiger partial charge is 0.304 e. The molecule has 2 aromatic carbocycles. The van der Waals surface area contributed by atoms with E-state index in [4.69, 9.17) is 0 Å². The van der Waals surface area contributed by atoms with Crippen LogP contribution in [0.1, 0.15) is 25.8 Å². The summed E-state index contributed by atoms with van der Waals surface area (Å²) in [5, 5.41) is 10.9. The SMILES string of the molecule is CCN(CC)CCCS(=O)(=NCc1ccccc1)c1ccc([N+](=O)[O-])cc1. The normalized spacial score (nSPS) is 13.3. The van der Waals surface area contributed by atoms with E-state index in [0.717, 1.165) is 31.6 Å². The van der Waals surface area contributed by atoms with Crippen molar-refractivity contribution in [2.45, 2.75) is 31.7 Å². The summed E-state index contributed by atoms with van der Waals surface area (Å²) in [6.45, 7) is 7.35. The smallest absolute Gasteiger partial charge is 0.269 e. The monoisotopic (exact) mass is 389 g/mol. The summed E-state index contributed by atoms with van der Waals surface area (Å²) in [6.07, 6.45) is 0.760. The lowest BCUT2D eigenvalue weighted by Crippen LogP contribution is -2.25. The summed E-state index contributed by atoms with van der Waals surface area (Å²) < 4.78 is 18.2. The first-order valence-corrected chi connectivity index (χ1v) is 10.9. The second-order valence-electron chi connectivity index (χ2n) is 6.25. The van der Waals surface area contributed by atoms with Crippen LogP contribution in [0, 0.1) is 10.1 Å². The Morgan fingerprint density at radius 1 is 1.04 bits per heavy atom. The van der Waals surface area contributed by atoms with E-state index in [1.54, 1.807) is 12.1 Å². The summed E-state index contributed by atoms with van der Waals surface area (Å²) in [7, 11) is -2.64. The lowest BCUT2D eigenvalue weighted by molar-refractivity contribution is -0.384. The summed E-state index contributed by atoms with van der Waals surface area (Å²) in [6, 6.07) is 15.6. The molecule has 0 aliphatic carbocycles. The number of non-ortho nitro benzene ring substituents is 1. The van der Waals surface area contributed by atoms with E-state index in [1.807, 2.05) is 30.3 Å². The van der Waals surface area contributed by atoms with E-state index in [9.17, 15) is 14.3 Å². The molecule has 0 heterocycles.